The number of ether oxygens (including phenoxy) is 2. The number of furan rings is 1. The first kappa shape index (κ1) is 17.8. The Kier molecular flexibility index (Phi) is 4.95. The minimum Gasteiger partial charge on any atom is -0.451 e. The Morgan fingerprint density at radius 3 is 2.92 bits per heavy atom. The van der Waals surface area contributed by atoms with Crippen molar-refractivity contribution in [3.8, 4) is 0 Å². The number of halogens is 1. The van der Waals surface area contributed by atoms with Crippen molar-refractivity contribution in [1.29, 1.82) is 0 Å². The smallest absolute Gasteiger partial charge is 0.289 e. The molecule has 4 rings (SSSR count). The second-order valence-electron chi connectivity index (χ2n) is 7.27. The van der Waals surface area contributed by atoms with E-state index in [1.54, 1.807) is 25.3 Å². The van der Waals surface area contributed by atoms with Crippen LogP contribution in [0.5, 0.6) is 0 Å². The summed E-state index contributed by atoms with van der Waals surface area (Å²) in [7, 11) is 1.74. The van der Waals surface area contributed by atoms with Crippen LogP contribution in [0.15, 0.2) is 28.7 Å². The van der Waals surface area contributed by atoms with Gasteiger partial charge in [0, 0.05) is 43.8 Å². The molecule has 0 saturated carbocycles. The Morgan fingerprint density at radius 2 is 2.15 bits per heavy atom. The molecule has 1 aromatic carbocycles. The molecule has 26 heavy (non-hydrogen) atoms. The number of carbonyl (C=O) groups excluding carboxylic acids is 1. The normalized spacial score (nSPS) is 22.4. The highest BCUT2D eigenvalue weighted by Crippen LogP contribution is 2.42. The van der Waals surface area contributed by atoms with Gasteiger partial charge in [-0.2, -0.15) is 0 Å². The molecule has 140 valence electrons. The molecule has 2 saturated heterocycles. The highest BCUT2D eigenvalue weighted by atomic mass is 35.5. The van der Waals surface area contributed by atoms with E-state index in [4.69, 9.17) is 25.5 Å². The van der Waals surface area contributed by atoms with E-state index < -0.39 is 0 Å². The number of nitrogens with zero attached hydrogens (tertiary/aromatic N) is 1. The lowest BCUT2D eigenvalue weighted by Crippen LogP contribution is -2.49. The van der Waals surface area contributed by atoms with Crippen LogP contribution in [0.3, 0.4) is 0 Å². The van der Waals surface area contributed by atoms with Crippen LogP contribution in [0.4, 0.5) is 0 Å². The highest BCUT2D eigenvalue weighted by Gasteiger charge is 2.46. The van der Waals surface area contributed by atoms with Crippen LogP contribution in [-0.2, 0) is 9.47 Å². The number of fused-ring (bicyclic) bond motifs is 1. The molecule has 5 nitrogen and oxygen atoms in total. The summed E-state index contributed by atoms with van der Waals surface area (Å²) in [6.45, 7) is 2.97. The number of likely N-dealkylation sites (tertiary alicyclic amines) is 1. The van der Waals surface area contributed by atoms with Crippen LogP contribution in [-0.4, -0.2) is 49.8 Å². The van der Waals surface area contributed by atoms with Crippen molar-refractivity contribution in [2.24, 2.45) is 5.92 Å². The molecule has 1 atom stereocenters. The average Bonchev–Trinajstić information content (AvgIpc) is 3.24. The molecular formula is C20H24ClNO4. The minimum atomic E-state index is -0.0866. The van der Waals surface area contributed by atoms with Crippen LogP contribution >= 0.6 is 11.6 Å². The van der Waals surface area contributed by atoms with Crippen molar-refractivity contribution in [2.75, 3.05) is 33.4 Å². The number of benzene rings is 1. The van der Waals surface area contributed by atoms with Crippen LogP contribution in [0, 0.1) is 5.92 Å². The number of methoxy groups -OCH3 is 1. The molecular weight excluding hydrogens is 354 g/mol. The fourth-order valence-corrected chi connectivity index (χ4v) is 4.55. The highest BCUT2D eigenvalue weighted by molar-refractivity contribution is 6.31. The summed E-state index contributed by atoms with van der Waals surface area (Å²) < 4.78 is 17.1. The third-order valence-electron chi connectivity index (χ3n) is 5.86. The molecule has 0 radical (unpaired) electrons. The number of hydrogen-bond donors (Lipinski definition) is 0. The molecule has 2 aliphatic rings. The number of hydrogen-bond acceptors (Lipinski definition) is 4. The zero-order valence-corrected chi connectivity index (χ0v) is 15.8. The second kappa shape index (κ2) is 7.22. The average molecular weight is 378 g/mol. The van der Waals surface area contributed by atoms with Crippen molar-refractivity contribution in [3.63, 3.8) is 0 Å². The quantitative estimate of drug-likeness (QED) is 0.803. The van der Waals surface area contributed by atoms with Gasteiger partial charge in [0.05, 0.1) is 5.60 Å². The first-order chi connectivity index (χ1) is 12.6. The van der Waals surface area contributed by atoms with Crippen LogP contribution in [0.2, 0.25) is 5.02 Å². The van der Waals surface area contributed by atoms with Gasteiger partial charge in [-0.25, -0.2) is 0 Å². The Hall–Kier alpha value is -1.56. The van der Waals surface area contributed by atoms with Crippen LogP contribution in [0.25, 0.3) is 11.0 Å². The molecule has 0 aliphatic carbocycles. The van der Waals surface area contributed by atoms with E-state index in [0.29, 0.717) is 35.4 Å². The van der Waals surface area contributed by atoms with Crippen molar-refractivity contribution in [3.05, 3.63) is 35.0 Å². The van der Waals surface area contributed by atoms with E-state index in [1.807, 2.05) is 11.0 Å². The predicted octanol–water partition coefficient (Wildman–Crippen LogP) is 4.13. The van der Waals surface area contributed by atoms with Gasteiger partial charge in [0.15, 0.2) is 5.76 Å². The van der Waals surface area contributed by atoms with Gasteiger partial charge in [-0.05, 0) is 55.9 Å². The summed E-state index contributed by atoms with van der Waals surface area (Å²) in [5.74, 6) is 0.841. The maximum Gasteiger partial charge on any atom is 0.289 e. The van der Waals surface area contributed by atoms with Gasteiger partial charge in [0.1, 0.15) is 5.58 Å². The van der Waals surface area contributed by atoms with Gasteiger partial charge in [-0.15, -0.1) is 0 Å². The summed E-state index contributed by atoms with van der Waals surface area (Å²) >= 11 is 6.02. The topological polar surface area (TPSA) is 51.9 Å². The standard InChI is InChI=1S/C20H24ClNO4/c1-24-10-4-15-5-11-25-20(15)6-8-22(9-7-20)19(23)18-13-14-12-16(21)2-3-17(14)26-18/h2-3,12-13,15H,4-11H2,1H3/t15-/m0/s1. The molecule has 1 amide bonds. The van der Waals surface area contributed by atoms with Crippen molar-refractivity contribution >= 4 is 28.5 Å². The van der Waals surface area contributed by atoms with Gasteiger partial charge in [0.25, 0.3) is 5.91 Å². The van der Waals surface area contributed by atoms with Gasteiger partial charge in [0.2, 0.25) is 0 Å². The van der Waals surface area contributed by atoms with Crippen LogP contribution < -0.4 is 0 Å². The van der Waals surface area contributed by atoms with E-state index in [0.717, 1.165) is 44.3 Å². The number of piperidine rings is 1. The Balaban J connectivity index is 1.44. The summed E-state index contributed by atoms with van der Waals surface area (Å²) in [6, 6.07) is 7.16. The van der Waals surface area contributed by atoms with Gasteiger partial charge < -0.3 is 18.8 Å². The van der Waals surface area contributed by atoms with Crippen molar-refractivity contribution in [2.45, 2.75) is 31.3 Å². The maximum absolute atomic E-state index is 12.8. The summed E-state index contributed by atoms with van der Waals surface area (Å²) in [5, 5.41) is 1.49. The molecule has 1 aromatic heterocycles. The third kappa shape index (κ3) is 3.24. The number of rotatable bonds is 4. The lowest BCUT2D eigenvalue weighted by molar-refractivity contribution is -0.0664. The predicted molar refractivity (Wildman–Crippen MR) is 99.6 cm³/mol. The molecule has 3 heterocycles. The minimum absolute atomic E-state index is 0.0568. The summed E-state index contributed by atoms with van der Waals surface area (Å²) in [6.07, 6.45) is 3.86. The van der Waals surface area contributed by atoms with E-state index in [1.165, 1.54) is 0 Å². The number of carbonyl (C=O) groups is 1. The first-order valence-corrected chi connectivity index (χ1v) is 9.60. The second-order valence-corrected chi connectivity index (χ2v) is 7.70. The van der Waals surface area contributed by atoms with E-state index >= 15 is 0 Å². The fourth-order valence-electron chi connectivity index (χ4n) is 4.37. The Morgan fingerprint density at radius 1 is 1.35 bits per heavy atom. The zero-order valence-electron chi connectivity index (χ0n) is 15.0. The Labute approximate surface area is 158 Å². The van der Waals surface area contributed by atoms with Gasteiger partial charge >= 0.3 is 0 Å². The fraction of sp³-hybridized carbons (Fsp3) is 0.550. The van der Waals surface area contributed by atoms with E-state index in [-0.39, 0.29) is 11.5 Å². The molecule has 2 fully saturated rings. The lowest BCUT2D eigenvalue weighted by Gasteiger charge is -2.42. The maximum atomic E-state index is 12.8. The monoisotopic (exact) mass is 377 g/mol. The van der Waals surface area contributed by atoms with Gasteiger partial charge in [-0.1, -0.05) is 11.6 Å². The lowest BCUT2D eigenvalue weighted by atomic mass is 9.78. The Bertz CT molecular complexity index is 794. The molecule has 2 aromatic rings. The van der Waals surface area contributed by atoms with E-state index in [2.05, 4.69) is 0 Å². The zero-order chi connectivity index (χ0) is 18.1. The first-order valence-electron chi connectivity index (χ1n) is 9.22. The number of amides is 1. The molecule has 6 heteroatoms. The molecule has 1 spiro atoms. The molecule has 0 unspecified atom stereocenters. The van der Waals surface area contributed by atoms with Crippen molar-refractivity contribution < 1.29 is 18.7 Å². The largest absolute Gasteiger partial charge is 0.451 e. The van der Waals surface area contributed by atoms with E-state index in [9.17, 15) is 4.79 Å². The summed E-state index contributed by atoms with van der Waals surface area (Å²) in [4.78, 5) is 14.7. The third-order valence-corrected chi connectivity index (χ3v) is 6.09. The SMILES string of the molecule is COCC[C@H]1CCOC12CCN(C(=O)c1cc3cc(Cl)ccc3o1)CC2. The summed E-state index contributed by atoms with van der Waals surface area (Å²) in [5.41, 5.74) is 0.599. The van der Waals surface area contributed by atoms with Crippen LogP contribution in [0.1, 0.15) is 36.2 Å². The van der Waals surface area contributed by atoms with Crippen molar-refractivity contribution in [1.82, 2.24) is 4.90 Å². The molecule has 0 bridgehead atoms. The molecule has 0 N–H and O–H groups in total. The molecule has 2 aliphatic heterocycles. The van der Waals surface area contributed by atoms with Gasteiger partial charge in [-0.3, -0.25) is 4.79 Å².